The largest absolute Gasteiger partial charge is 0.362 e. The van der Waals surface area contributed by atoms with Crippen molar-refractivity contribution >= 4 is 17.5 Å². The Morgan fingerprint density at radius 2 is 2.09 bits per heavy atom. The normalized spacial score (nSPS) is 25.1. The molecule has 2 amide bonds. The molecule has 0 radical (unpaired) electrons. The number of benzene rings is 1. The quantitative estimate of drug-likeness (QED) is 0.662. The van der Waals surface area contributed by atoms with Gasteiger partial charge in [-0.2, -0.15) is 0 Å². The molecule has 1 unspecified atom stereocenters. The van der Waals surface area contributed by atoms with Gasteiger partial charge in [-0.1, -0.05) is 38.5 Å². The Kier molecular flexibility index (Phi) is 6.43. The van der Waals surface area contributed by atoms with Gasteiger partial charge in [0.25, 0.3) is 5.91 Å². The van der Waals surface area contributed by atoms with E-state index in [9.17, 15) is 18.4 Å². The molecule has 4 rings (SSSR count). The first kappa shape index (κ1) is 23.9. The van der Waals surface area contributed by atoms with Crippen LogP contribution in [0, 0.1) is 24.5 Å². The van der Waals surface area contributed by atoms with Crippen LogP contribution in [0.15, 0.2) is 42.9 Å². The van der Waals surface area contributed by atoms with Gasteiger partial charge in [0.05, 0.1) is 18.2 Å². The van der Waals surface area contributed by atoms with E-state index in [1.807, 2.05) is 24.8 Å². The smallest absolute Gasteiger partial charge is 0.277 e. The van der Waals surface area contributed by atoms with E-state index < -0.39 is 28.8 Å². The van der Waals surface area contributed by atoms with Gasteiger partial charge in [-0.3, -0.25) is 14.5 Å². The summed E-state index contributed by atoms with van der Waals surface area (Å²) in [6, 6.07) is 6.13. The maximum absolute atomic E-state index is 14.0. The van der Waals surface area contributed by atoms with Gasteiger partial charge in [-0.05, 0) is 49.8 Å². The standard InChI is InChI=1S/C26H30F2N4O2/c1-15-7-5-8-19(11-15)32-17(3)31-26(4,13-23(32)33)20-9-6-10-22(16(20)2)30-25(34)24-21(28)12-18(27)14-29-24/h6,9-10,12,14-15,19,31H,3,5,7-8,11,13H2,1-2,4H3,(H,30,34)/t15?,19-,26+/m1/s1. The molecular formula is C26H30F2N4O2. The van der Waals surface area contributed by atoms with Gasteiger partial charge in [-0.25, -0.2) is 13.8 Å². The maximum atomic E-state index is 14.0. The maximum Gasteiger partial charge on any atom is 0.277 e. The molecule has 34 heavy (non-hydrogen) atoms. The number of nitrogens with zero attached hydrogens (tertiary/aromatic N) is 2. The molecule has 1 aliphatic heterocycles. The predicted molar refractivity (Wildman–Crippen MR) is 126 cm³/mol. The summed E-state index contributed by atoms with van der Waals surface area (Å²) < 4.78 is 27.2. The zero-order valence-electron chi connectivity index (χ0n) is 19.8. The second-order valence-electron chi connectivity index (χ2n) is 9.69. The summed E-state index contributed by atoms with van der Waals surface area (Å²) in [7, 11) is 0. The zero-order valence-corrected chi connectivity index (χ0v) is 19.8. The van der Waals surface area contributed by atoms with Gasteiger partial charge in [-0.15, -0.1) is 0 Å². The van der Waals surface area contributed by atoms with Crippen molar-refractivity contribution < 1.29 is 18.4 Å². The molecule has 1 aromatic carbocycles. The second-order valence-corrected chi connectivity index (χ2v) is 9.69. The molecule has 2 heterocycles. The van der Waals surface area contributed by atoms with E-state index in [0.717, 1.165) is 36.6 Å². The van der Waals surface area contributed by atoms with Crippen LogP contribution in [-0.2, 0) is 10.3 Å². The lowest BCUT2D eigenvalue weighted by Crippen LogP contribution is -2.57. The fourth-order valence-corrected chi connectivity index (χ4v) is 5.32. The monoisotopic (exact) mass is 468 g/mol. The average molecular weight is 469 g/mol. The first-order valence-corrected chi connectivity index (χ1v) is 11.6. The lowest BCUT2D eigenvalue weighted by Gasteiger charge is -2.47. The van der Waals surface area contributed by atoms with Crippen LogP contribution >= 0.6 is 0 Å². The number of hydrogen-bond donors (Lipinski definition) is 2. The van der Waals surface area contributed by atoms with Gasteiger partial charge in [0.15, 0.2) is 11.5 Å². The fourth-order valence-electron chi connectivity index (χ4n) is 5.32. The van der Waals surface area contributed by atoms with Gasteiger partial charge in [0.2, 0.25) is 5.91 Å². The molecule has 6 nitrogen and oxygen atoms in total. The Hall–Kier alpha value is -3.29. The molecule has 8 heteroatoms. The van der Waals surface area contributed by atoms with Crippen LogP contribution in [0.4, 0.5) is 14.5 Å². The minimum Gasteiger partial charge on any atom is -0.362 e. The highest BCUT2D eigenvalue weighted by Crippen LogP contribution is 2.38. The molecule has 2 aliphatic rings. The van der Waals surface area contributed by atoms with Gasteiger partial charge in [0.1, 0.15) is 11.6 Å². The van der Waals surface area contributed by atoms with Crippen molar-refractivity contribution in [3.63, 3.8) is 0 Å². The number of rotatable bonds is 4. The Morgan fingerprint density at radius 1 is 1.32 bits per heavy atom. The molecule has 180 valence electrons. The Bertz CT molecular complexity index is 1130. The first-order valence-electron chi connectivity index (χ1n) is 11.6. The average Bonchev–Trinajstić information content (AvgIpc) is 2.74. The minimum atomic E-state index is -1.04. The molecule has 0 bridgehead atoms. The minimum absolute atomic E-state index is 0.0248. The number of halogens is 2. The highest BCUT2D eigenvalue weighted by atomic mass is 19.1. The van der Waals surface area contributed by atoms with Crippen LogP contribution < -0.4 is 10.6 Å². The van der Waals surface area contributed by atoms with Crippen molar-refractivity contribution in [3.8, 4) is 0 Å². The van der Waals surface area contributed by atoms with E-state index in [4.69, 9.17) is 0 Å². The Morgan fingerprint density at radius 3 is 2.76 bits per heavy atom. The lowest BCUT2D eigenvalue weighted by molar-refractivity contribution is -0.137. The Labute approximate surface area is 198 Å². The fraction of sp³-hybridized carbons (Fsp3) is 0.423. The summed E-state index contributed by atoms with van der Waals surface area (Å²) in [4.78, 5) is 31.3. The number of carbonyl (C=O) groups excluding carboxylic acids is 2. The highest BCUT2D eigenvalue weighted by Gasteiger charge is 2.42. The molecular weight excluding hydrogens is 438 g/mol. The van der Waals surface area contributed by atoms with Crippen LogP contribution in [0.1, 0.15) is 67.6 Å². The van der Waals surface area contributed by atoms with Crippen LogP contribution in [-0.4, -0.2) is 27.7 Å². The van der Waals surface area contributed by atoms with Gasteiger partial charge >= 0.3 is 0 Å². The number of anilines is 1. The topological polar surface area (TPSA) is 74.3 Å². The van der Waals surface area contributed by atoms with Gasteiger partial charge in [0, 0.05) is 17.8 Å². The van der Waals surface area contributed by atoms with E-state index in [-0.39, 0.29) is 18.4 Å². The number of amides is 2. The summed E-state index contributed by atoms with van der Waals surface area (Å²) in [5.74, 6) is -1.48. The van der Waals surface area contributed by atoms with Crippen molar-refractivity contribution in [1.29, 1.82) is 0 Å². The van der Waals surface area contributed by atoms with Crippen molar-refractivity contribution in [2.24, 2.45) is 5.92 Å². The SMILES string of the molecule is C=C1N[C@](C)(c2cccc(NC(=O)c3ncc(F)cc3F)c2C)CC(=O)N1[C@@H]1CCCC(C)C1. The third-order valence-corrected chi connectivity index (χ3v) is 6.96. The summed E-state index contributed by atoms with van der Waals surface area (Å²) >= 11 is 0. The van der Waals surface area contributed by atoms with E-state index in [1.165, 1.54) is 6.42 Å². The molecule has 1 aliphatic carbocycles. The molecule has 1 saturated carbocycles. The molecule has 1 aromatic heterocycles. The van der Waals surface area contributed by atoms with Crippen molar-refractivity contribution in [3.05, 3.63) is 71.3 Å². The number of carbonyl (C=O) groups is 2. The molecule has 0 spiro atoms. The van der Waals surface area contributed by atoms with Crippen molar-refractivity contribution in [2.45, 2.75) is 64.5 Å². The zero-order chi connectivity index (χ0) is 24.6. The number of hydrogen-bond acceptors (Lipinski definition) is 4. The molecule has 1 saturated heterocycles. The number of nitrogens with one attached hydrogen (secondary N) is 2. The van der Waals surface area contributed by atoms with Gasteiger partial charge < -0.3 is 10.6 Å². The summed E-state index contributed by atoms with van der Waals surface area (Å²) in [5, 5.41) is 6.12. The molecule has 3 atom stereocenters. The second kappa shape index (κ2) is 9.16. The third-order valence-electron chi connectivity index (χ3n) is 6.96. The van der Waals surface area contributed by atoms with E-state index in [1.54, 1.807) is 12.1 Å². The Balaban J connectivity index is 1.56. The number of pyridine rings is 1. The van der Waals surface area contributed by atoms with E-state index in [0.29, 0.717) is 23.5 Å². The third kappa shape index (κ3) is 4.54. The number of aromatic nitrogens is 1. The highest BCUT2D eigenvalue weighted by molar-refractivity contribution is 6.03. The molecule has 2 N–H and O–H groups in total. The van der Waals surface area contributed by atoms with Crippen LogP contribution in [0.25, 0.3) is 0 Å². The van der Waals surface area contributed by atoms with E-state index in [2.05, 4.69) is 29.1 Å². The first-order chi connectivity index (χ1) is 16.1. The molecule has 2 aromatic rings. The van der Waals surface area contributed by atoms with Crippen LogP contribution in [0.3, 0.4) is 0 Å². The summed E-state index contributed by atoms with van der Waals surface area (Å²) in [5.41, 5.74) is 0.791. The van der Waals surface area contributed by atoms with Crippen molar-refractivity contribution in [1.82, 2.24) is 15.2 Å². The van der Waals surface area contributed by atoms with E-state index >= 15 is 0 Å². The van der Waals surface area contributed by atoms with Crippen molar-refractivity contribution in [2.75, 3.05) is 5.32 Å². The summed E-state index contributed by atoms with van der Waals surface area (Å²) in [6.45, 7) is 10.2. The van der Waals surface area contributed by atoms with Crippen LogP contribution in [0.5, 0.6) is 0 Å². The summed E-state index contributed by atoms with van der Waals surface area (Å²) in [6.07, 6.45) is 5.27. The predicted octanol–water partition coefficient (Wildman–Crippen LogP) is 5.01. The van der Waals surface area contributed by atoms with Crippen LogP contribution in [0.2, 0.25) is 0 Å². The lowest BCUT2D eigenvalue weighted by atomic mass is 9.81. The molecule has 2 fully saturated rings.